The lowest BCUT2D eigenvalue weighted by Gasteiger charge is -2.25. The second-order valence-corrected chi connectivity index (χ2v) is 10.7. The van der Waals surface area contributed by atoms with Crippen molar-refractivity contribution in [1.82, 2.24) is 14.7 Å². The summed E-state index contributed by atoms with van der Waals surface area (Å²) in [7, 11) is -3.53. The summed E-state index contributed by atoms with van der Waals surface area (Å²) in [4.78, 5) is 17.1. The number of rotatable bonds is 7. The summed E-state index contributed by atoms with van der Waals surface area (Å²) in [5, 5.41) is 1.21. The van der Waals surface area contributed by atoms with Crippen LogP contribution in [0.1, 0.15) is 49.9 Å². The molecule has 1 fully saturated rings. The van der Waals surface area contributed by atoms with Crippen LogP contribution in [0.4, 0.5) is 4.79 Å². The Balaban J connectivity index is 1.78. The van der Waals surface area contributed by atoms with Crippen molar-refractivity contribution < 1.29 is 13.2 Å². The first kappa shape index (κ1) is 22.3. The number of nitrogens with zero attached hydrogens (tertiary/aromatic N) is 2. The van der Waals surface area contributed by atoms with Crippen molar-refractivity contribution in [1.29, 1.82) is 0 Å². The summed E-state index contributed by atoms with van der Waals surface area (Å²) in [6.45, 7) is 7.33. The number of benzene rings is 2. The topological polar surface area (TPSA) is 69.7 Å². The number of aryl methyl sites for hydroxylation is 1. The summed E-state index contributed by atoms with van der Waals surface area (Å²) in [5.74, 6) is 0. The summed E-state index contributed by atoms with van der Waals surface area (Å²) in [6.07, 6.45) is 2.73. The number of urea groups is 1. The number of carbonyl (C=O) groups is 1. The van der Waals surface area contributed by atoms with Crippen molar-refractivity contribution in [3.8, 4) is 0 Å². The smallest absolute Gasteiger partial charge is 0.315 e. The van der Waals surface area contributed by atoms with Gasteiger partial charge in [0.15, 0.2) is 0 Å². The summed E-state index contributed by atoms with van der Waals surface area (Å²) < 4.78 is 23.4. The third-order valence-electron chi connectivity index (χ3n) is 5.35. The number of sulfonamides is 1. The van der Waals surface area contributed by atoms with E-state index in [1.807, 2.05) is 30.3 Å². The minimum absolute atomic E-state index is 0.0449. The minimum Gasteiger partial charge on any atom is -0.315 e. The van der Waals surface area contributed by atoms with Gasteiger partial charge in [-0.2, -0.15) is 0 Å². The van der Waals surface area contributed by atoms with E-state index in [-0.39, 0.29) is 24.0 Å². The maximum atomic E-state index is 13.0. The maximum absolute atomic E-state index is 13.0. The van der Waals surface area contributed by atoms with E-state index in [9.17, 15) is 13.2 Å². The zero-order valence-corrected chi connectivity index (χ0v) is 18.9. The molecule has 1 N–H and O–H groups in total. The van der Waals surface area contributed by atoms with Gasteiger partial charge in [0.05, 0.1) is 18.8 Å². The van der Waals surface area contributed by atoms with E-state index in [1.54, 1.807) is 4.90 Å². The Labute approximate surface area is 179 Å². The molecule has 1 heterocycles. The molecule has 0 radical (unpaired) electrons. The maximum Gasteiger partial charge on any atom is 0.335 e. The molecule has 6 nitrogen and oxygen atoms in total. The molecule has 7 heteroatoms. The predicted octanol–water partition coefficient (Wildman–Crippen LogP) is 3.86. The lowest BCUT2D eigenvalue weighted by molar-refractivity contribution is 0.181. The molecule has 162 valence electrons. The van der Waals surface area contributed by atoms with E-state index in [0.29, 0.717) is 6.54 Å². The zero-order chi connectivity index (χ0) is 21.9. The fourth-order valence-corrected chi connectivity index (χ4v) is 4.31. The number of carbonyl (C=O) groups excluding carboxylic acids is 1. The number of nitrogens with one attached hydrogen (secondary N) is 1. The van der Waals surface area contributed by atoms with Crippen molar-refractivity contribution >= 4 is 16.1 Å². The van der Waals surface area contributed by atoms with Crippen molar-refractivity contribution in [2.75, 3.05) is 19.3 Å². The van der Waals surface area contributed by atoms with Crippen LogP contribution >= 0.6 is 0 Å². The molecule has 1 aliphatic heterocycles. The van der Waals surface area contributed by atoms with Gasteiger partial charge in [0, 0.05) is 6.54 Å². The van der Waals surface area contributed by atoms with Gasteiger partial charge in [0.2, 0.25) is 10.0 Å². The molecule has 0 bridgehead atoms. The van der Waals surface area contributed by atoms with Crippen LogP contribution in [-0.2, 0) is 21.9 Å². The first-order chi connectivity index (χ1) is 14.0. The van der Waals surface area contributed by atoms with Gasteiger partial charge >= 0.3 is 6.03 Å². The molecule has 0 saturated carbocycles. The number of hydrogen-bond donors (Lipinski definition) is 1. The quantitative estimate of drug-likeness (QED) is 0.727. The van der Waals surface area contributed by atoms with Crippen LogP contribution in [0.15, 0.2) is 54.6 Å². The van der Waals surface area contributed by atoms with Gasteiger partial charge in [-0.1, -0.05) is 75.4 Å². The van der Waals surface area contributed by atoms with Gasteiger partial charge in [-0.15, -0.1) is 4.83 Å². The van der Waals surface area contributed by atoms with E-state index in [4.69, 9.17) is 0 Å². The summed E-state index contributed by atoms with van der Waals surface area (Å²) in [5.41, 5.74) is 3.50. The van der Waals surface area contributed by atoms with Crippen LogP contribution in [0.5, 0.6) is 0 Å². The molecule has 2 aromatic rings. The van der Waals surface area contributed by atoms with Gasteiger partial charge < -0.3 is 4.90 Å². The normalized spacial score (nSPS) is 17.6. The SMILES string of the molecule is CC(C)(C)c1ccc([C@H]2CN(NS(C)(=O)=O)C(=O)N2CCCc2ccccc2)cc1. The lowest BCUT2D eigenvalue weighted by atomic mass is 9.86. The molecule has 1 aliphatic rings. The molecule has 1 atom stereocenters. The van der Waals surface area contributed by atoms with Gasteiger partial charge in [-0.25, -0.2) is 18.2 Å². The van der Waals surface area contributed by atoms with E-state index >= 15 is 0 Å². The first-order valence-corrected chi connectivity index (χ1v) is 12.1. The predicted molar refractivity (Wildman–Crippen MR) is 119 cm³/mol. The van der Waals surface area contributed by atoms with Gasteiger partial charge in [0.25, 0.3) is 0 Å². The van der Waals surface area contributed by atoms with Crippen LogP contribution < -0.4 is 4.83 Å². The summed E-state index contributed by atoms with van der Waals surface area (Å²) in [6, 6.07) is 17.9. The molecule has 30 heavy (non-hydrogen) atoms. The highest BCUT2D eigenvalue weighted by molar-refractivity contribution is 7.88. The van der Waals surface area contributed by atoms with Gasteiger partial charge in [-0.3, -0.25) is 0 Å². The standard InChI is InChI=1S/C23H31N3O3S/c1-23(2,3)20-14-12-19(13-15-20)21-17-26(24-30(4,28)29)22(27)25(21)16-8-11-18-9-6-5-7-10-18/h5-7,9-10,12-15,21,24H,8,11,16-17H2,1-4H3/t21-/m1/s1. The van der Waals surface area contributed by atoms with E-state index in [2.05, 4.69) is 49.9 Å². The molecule has 2 aromatic carbocycles. The van der Waals surface area contributed by atoms with Gasteiger partial charge in [-0.05, 0) is 34.9 Å². The highest BCUT2D eigenvalue weighted by Gasteiger charge is 2.39. The molecular weight excluding hydrogens is 398 g/mol. The summed E-state index contributed by atoms with van der Waals surface area (Å²) >= 11 is 0. The fourth-order valence-electron chi connectivity index (χ4n) is 3.75. The average molecular weight is 430 g/mol. The molecule has 3 rings (SSSR count). The zero-order valence-electron chi connectivity index (χ0n) is 18.1. The fraction of sp³-hybridized carbons (Fsp3) is 0.435. The Hall–Kier alpha value is -2.38. The second-order valence-electron chi connectivity index (χ2n) is 8.93. The molecular formula is C23H31N3O3S. The molecule has 0 spiro atoms. The van der Waals surface area contributed by atoms with E-state index in [0.717, 1.165) is 24.7 Å². The largest absolute Gasteiger partial charge is 0.335 e. The van der Waals surface area contributed by atoms with Crippen LogP contribution in [0.3, 0.4) is 0 Å². The van der Waals surface area contributed by atoms with Crippen LogP contribution in [0.2, 0.25) is 0 Å². The molecule has 1 saturated heterocycles. The Morgan fingerprint density at radius 2 is 1.67 bits per heavy atom. The van der Waals surface area contributed by atoms with Crippen LogP contribution in [0.25, 0.3) is 0 Å². The van der Waals surface area contributed by atoms with Crippen molar-refractivity contribution in [3.63, 3.8) is 0 Å². The Morgan fingerprint density at radius 3 is 2.23 bits per heavy atom. The average Bonchev–Trinajstić information content (AvgIpc) is 2.96. The third kappa shape index (κ3) is 5.61. The van der Waals surface area contributed by atoms with Crippen molar-refractivity contribution in [3.05, 3.63) is 71.3 Å². The van der Waals surface area contributed by atoms with Crippen molar-refractivity contribution in [2.24, 2.45) is 0 Å². The molecule has 0 unspecified atom stereocenters. The monoisotopic (exact) mass is 429 g/mol. The first-order valence-electron chi connectivity index (χ1n) is 10.2. The highest BCUT2D eigenvalue weighted by atomic mass is 32.2. The number of amides is 2. The Kier molecular flexibility index (Phi) is 6.53. The Morgan fingerprint density at radius 1 is 1.03 bits per heavy atom. The molecule has 0 aromatic heterocycles. The number of hydrazine groups is 1. The third-order valence-corrected chi connectivity index (χ3v) is 5.91. The lowest BCUT2D eigenvalue weighted by Crippen LogP contribution is -2.44. The number of hydrogen-bond acceptors (Lipinski definition) is 3. The molecule has 0 aliphatic carbocycles. The van der Waals surface area contributed by atoms with E-state index < -0.39 is 10.0 Å². The second kappa shape index (κ2) is 8.78. The van der Waals surface area contributed by atoms with Crippen LogP contribution in [0, 0.1) is 0 Å². The van der Waals surface area contributed by atoms with Crippen molar-refractivity contribution in [2.45, 2.75) is 45.1 Å². The highest BCUT2D eigenvalue weighted by Crippen LogP contribution is 2.31. The van der Waals surface area contributed by atoms with Crippen LogP contribution in [-0.4, -0.2) is 43.7 Å². The van der Waals surface area contributed by atoms with E-state index in [1.165, 1.54) is 16.1 Å². The van der Waals surface area contributed by atoms with Gasteiger partial charge in [0.1, 0.15) is 0 Å². The molecule has 2 amide bonds. The Bertz CT molecular complexity index is 967. The minimum atomic E-state index is -3.53.